The summed E-state index contributed by atoms with van der Waals surface area (Å²) in [5.74, 6) is 2.22. The van der Waals surface area contributed by atoms with Gasteiger partial charge >= 0.3 is 0 Å². The molecule has 19 heavy (non-hydrogen) atoms. The van der Waals surface area contributed by atoms with Crippen molar-refractivity contribution in [3.8, 4) is 5.75 Å². The zero-order valence-electron chi connectivity index (χ0n) is 11.8. The molecule has 2 N–H and O–H groups in total. The van der Waals surface area contributed by atoms with E-state index in [4.69, 9.17) is 10.5 Å². The van der Waals surface area contributed by atoms with E-state index in [1.807, 2.05) is 26.0 Å². The summed E-state index contributed by atoms with van der Waals surface area (Å²) in [6.07, 6.45) is 2.51. The van der Waals surface area contributed by atoms with Crippen LogP contribution in [0.5, 0.6) is 5.75 Å². The molecule has 4 heteroatoms. The molecule has 1 aromatic carbocycles. The maximum atomic E-state index is 6.11. The molecule has 1 saturated carbocycles. The average molecular weight is 259 g/mol. The minimum absolute atomic E-state index is 0.140. The first-order valence-electron chi connectivity index (χ1n) is 6.99. The predicted molar refractivity (Wildman–Crippen MR) is 77.3 cm³/mol. The van der Waals surface area contributed by atoms with Crippen molar-refractivity contribution >= 4 is 17.0 Å². The number of imidazole rings is 1. The lowest BCUT2D eigenvalue weighted by Gasteiger charge is -2.34. The highest BCUT2D eigenvalue weighted by molar-refractivity contribution is 5.84. The van der Waals surface area contributed by atoms with E-state index >= 15 is 0 Å². The van der Waals surface area contributed by atoms with Crippen LogP contribution in [0.2, 0.25) is 0 Å². The molecule has 1 fully saturated rings. The van der Waals surface area contributed by atoms with Gasteiger partial charge in [-0.15, -0.1) is 0 Å². The van der Waals surface area contributed by atoms with Crippen LogP contribution in [0.4, 0.5) is 5.95 Å². The second-order valence-corrected chi connectivity index (χ2v) is 5.86. The molecule has 0 saturated heterocycles. The number of benzene rings is 1. The molecule has 1 aromatic heterocycles. The Labute approximate surface area is 113 Å². The summed E-state index contributed by atoms with van der Waals surface area (Å²) in [7, 11) is 0. The molecule has 0 aliphatic heterocycles. The third kappa shape index (κ3) is 2.05. The molecule has 4 nitrogen and oxygen atoms in total. The van der Waals surface area contributed by atoms with Gasteiger partial charge in [0.25, 0.3) is 0 Å². The summed E-state index contributed by atoms with van der Waals surface area (Å²) in [5.41, 5.74) is 8.08. The summed E-state index contributed by atoms with van der Waals surface area (Å²) in [6, 6.07) is 6.55. The molecule has 2 aromatic rings. The van der Waals surface area contributed by atoms with Crippen molar-refractivity contribution in [2.75, 3.05) is 5.73 Å². The fourth-order valence-electron chi connectivity index (χ4n) is 2.91. The van der Waals surface area contributed by atoms with Gasteiger partial charge in [-0.2, -0.15) is 0 Å². The van der Waals surface area contributed by atoms with Crippen LogP contribution in [0.15, 0.2) is 18.2 Å². The average Bonchev–Trinajstić information content (AvgIpc) is 2.62. The highest BCUT2D eigenvalue weighted by Gasteiger charge is 2.30. The van der Waals surface area contributed by atoms with E-state index in [1.54, 1.807) is 0 Å². The van der Waals surface area contributed by atoms with Crippen LogP contribution in [0.3, 0.4) is 0 Å². The second-order valence-electron chi connectivity index (χ2n) is 5.86. The molecule has 1 aliphatic carbocycles. The maximum absolute atomic E-state index is 6.11. The number of nitrogens with zero attached hydrogens (tertiary/aromatic N) is 2. The van der Waals surface area contributed by atoms with Crippen LogP contribution in [-0.4, -0.2) is 15.7 Å². The fourth-order valence-corrected chi connectivity index (χ4v) is 2.91. The number of ether oxygens (including phenoxy) is 1. The molecule has 3 rings (SSSR count). The molecule has 0 bridgehead atoms. The van der Waals surface area contributed by atoms with Crippen LogP contribution in [0.25, 0.3) is 11.0 Å². The van der Waals surface area contributed by atoms with Gasteiger partial charge in [-0.1, -0.05) is 13.0 Å². The number of nitrogens with two attached hydrogens (primary N) is 1. The Bertz CT molecular complexity index is 597. The van der Waals surface area contributed by atoms with Crippen LogP contribution >= 0.6 is 0 Å². The topological polar surface area (TPSA) is 53.1 Å². The summed E-state index contributed by atoms with van der Waals surface area (Å²) in [5, 5.41) is 0. The minimum atomic E-state index is 0.140. The van der Waals surface area contributed by atoms with Gasteiger partial charge in [-0.25, -0.2) is 4.98 Å². The third-order valence-electron chi connectivity index (χ3n) is 3.79. The van der Waals surface area contributed by atoms with Crippen molar-refractivity contribution in [2.45, 2.75) is 45.8 Å². The van der Waals surface area contributed by atoms with Crippen LogP contribution in [-0.2, 0) is 0 Å². The van der Waals surface area contributed by atoms with E-state index in [-0.39, 0.29) is 6.10 Å². The number of hydrogen-bond acceptors (Lipinski definition) is 3. The van der Waals surface area contributed by atoms with Crippen LogP contribution in [0.1, 0.15) is 39.7 Å². The van der Waals surface area contributed by atoms with Gasteiger partial charge < -0.3 is 15.0 Å². The van der Waals surface area contributed by atoms with Gasteiger partial charge in [0.05, 0.1) is 11.6 Å². The number of para-hydroxylation sites is 1. The minimum Gasteiger partial charge on any atom is -0.489 e. The Hall–Kier alpha value is -1.71. The van der Waals surface area contributed by atoms with Crippen molar-refractivity contribution in [1.82, 2.24) is 9.55 Å². The van der Waals surface area contributed by atoms with Gasteiger partial charge in [0.1, 0.15) is 11.3 Å². The maximum Gasteiger partial charge on any atom is 0.201 e. The summed E-state index contributed by atoms with van der Waals surface area (Å²) >= 11 is 0. The van der Waals surface area contributed by atoms with E-state index in [0.717, 1.165) is 22.7 Å². The van der Waals surface area contributed by atoms with E-state index in [9.17, 15) is 0 Å². The predicted octanol–water partition coefficient (Wildman–Crippen LogP) is 3.38. The Kier molecular flexibility index (Phi) is 2.88. The zero-order valence-corrected chi connectivity index (χ0v) is 11.8. The first-order valence-corrected chi connectivity index (χ1v) is 6.99. The number of nitrogen functional groups attached to an aromatic ring is 1. The number of hydrogen-bond donors (Lipinski definition) is 1. The molecule has 0 spiro atoms. The number of rotatable bonds is 3. The molecule has 1 heterocycles. The van der Waals surface area contributed by atoms with Crippen molar-refractivity contribution in [2.24, 2.45) is 5.92 Å². The molecule has 0 amide bonds. The van der Waals surface area contributed by atoms with E-state index in [2.05, 4.69) is 22.5 Å². The Morgan fingerprint density at radius 3 is 2.74 bits per heavy atom. The first kappa shape index (κ1) is 12.3. The number of fused-ring (bicyclic) bond motifs is 1. The van der Waals surface area contributed by atoms with E-state index in [0.29, 0.717) is 12.0 Å². The van der Waals surface area contributed by atoms with Crippen molar-refractivity contribution in [1.29, 1.82) is 0 Å². The lowest BCUT2D eigenvalue weighted by molar-refractivity contribution is 0.223. The standard InChI is InChI=1S/C15H21N3O/c1-9(2)19-13-6-4-5-12-14(13)17-15(16)18(12)11-7-10(3)8-11/h4-6,9-11H,7-8H2,1-3H3,(H2,16,17). The van der Waals surface area contributed by atoms with Gasteiger partial charge in [-0.3, -0.25) is 0 Å². The van der Waals surface area contributed by atoms with Crippen molar-refractivity contribution in [3.63, 3.8) is 0 Å². The highest BCUT2D eigenvalue weighted by atomic mass is 16.5. The lowest BCUT2D eigenvalue weighted by Crippen LogP contribution is -2.25. The van der Waals surface area contributed by atoms with Crippen molar-refractivity contribution < 1.29 is 4.74 Å². The smallest absolute Gasteiger partial charge is 0.201 e. The molecule has 0 unspecified atom stereocenters. The fraction of sp³-hybridized carbons (Fsp3) is 0.533. The van der Waals surface area contributed by atoms with Gasteiger partial charge in [0.2, 0.25) is 5.95 Å². The van der Waals surface area contributed by atoms with Gasteiger partial charge in [-0.05, 0) is 44.7 Å². The van der Waals surface area contributed by atoms with Crippen LogP contribution in [0, 0.1) is 5.92 Å². The molecule has 102 valence electrons. The lowest BCUT2D eigenvalue weighted by atomic mass is 9.81. The zero-order chi connectivity index (χ0) is 13.6. The monoisotopic (exact) mass is 259 g/mol. The van der Waals surface area contributed by atoms with Crippen molar-refractivity contribution in [3.05, 3.63) is 18.2 Å². The Morgan fingerprint density at radius 1 is 1.37 bits per heavy atom. The van der Waals surface area contributed by atoms with Gasteiger partial charge in [0.15, 0.2) is 0 Å². The molecular formula is C15H21N3O. The SMILES string of the molecule is CC1CC(n2c(N)nc3c(OC(C)C)cccc32)C1. The molecule has 0 atom stereocenters. The molecule has 1 aliphatic rings. The molecular weight excluding hydrogens is 238 g/mol. The number of anilines is 1. The number of aromatic nitrogens is 2. The Morgan fingerprint density at radius 2 is 2.11 bits per heavy atom. The third-order valence-corrected chi connectivity index (χ3v) is 3.79. The summed E-state index contributed by atoms with van der Waals surface area (Å²) in [4.78, 5) is 4.51. The normalized spacial score (nSPS) is 22.7. The second kappa shape index (κ2) is 4.44. The highest BCUT2D eigenvalue weighted by Crippen LogP contribution is 2.41. The quantitative estimate of drug-likeness (QED) is 0.919. The van der Waals surface area contributed by atoms with Gasteiger partial charge in [0, 0.05) is 6.04 Å². The van der Waals surface area contributed by atoms with E-state index in [1.165, 1.54) is 12.8 Å². The Balaban J connectivity index is 2.06. The van der Waals surface area contributed by atoms with E-state index < -0.39 is 0 Å². The summed E-state index contributed by atoms with van der Waals surface area (Å²) in [6.45, 7) is 6.32. The summed E-state index contributed by atoms with van der Waals surface area (Å²) < 4.78 is 7.99. The largest absolute Gasteiger partial charge is 0.489 e. The first-order chi connectivity index (χ1) is 9.06. The molecule has 0 radical (unpaired) electrons. The van der Waals surface area contributed by atoms with Crippen LogP contribution < -0.4 is 10.5 Å².